The molecule has 0 bridgehead atoms. The fourth-order valence-corrected chi connectivity index (χ4v) is 3.78. The van der Waals surface area contributed by atoms with E-state index in [-0.39, 0.29) is 0 Å². The summed E-state index contributed by atoms with van der Waals surface area (Å²) in [7, 11) is 0. The van der Waals surface area contributed by atoms with Crippen LogP contribution < -0.4 is 0 Å². The van der Waals surface area contributed by atoms with Crippen LogP contribution in [-0.2, 0) is 0 Å². The molecule has 4 rings (SSSR count). The van der Waals surface area contributed by atoms with Gasteiger partial charge in [0.2, 0.25) is 0 Å². The minimum absolute atomic E-state index is 0.696. The number of benzene rings is 2. The highest BCUT2D eigenvalue weighted by molar-refractivity contribution is 5.97. The molecule has 0 radical (unpaired) electrons. The van der Waals surface area contributed by atoms with Gasteiger partial charge in [0.05, 0.1) is 0 Å². The fraction of sp³-hybridized carbons (Fsp3) is 0.300. The van der Waals surface area contributed by atoms with Crippen molar-refractivity contribution < 1.29 is 0 Å². The number of H-pyrrole nitrogens is 1. The molecule has 0 atom stereocenters. The monoisotopic (exact) mass is 275 g/mol. The van der Waals surface area contributed by atoms with Gasteiger partial charge in [-0.1, -0.05) is 67.8 Å². The van der Waals surface area contributed by atoms with Crippen molar-refractivity contribution in [2.45, 2.75) is 38.0 Å². The highest BCUT2D eigenvalue weighted by atomic mass is 14.7. The van der Waals surface area contributed by atoms with Gasteiger partial charge in [-0.15, -0.1) is 0 Å². The van der Waals surface area contributed by atoms with Gasteiger partial charge in [0.15, 0.2) is 0 Å². The Kier molecular flexibility index (Phi) is 3.27. The zero-order chi connectivity index (χ0) is 14.1. The molecule has 1 N–H and O–H groups in total. The van der Waals surface area contributed by atoms with Gasteiger partial charge < -0.3 is 4.98 Å². The lowest BCUT2D eigenvalue weighted by Crippen LogP contribution is -2.06. The number of aromatic amines is 1. The van der Waals surface area contributed by atoms with Gasteiger partial charge in [-0.2, -0.15) is 0 Å². The predicted molar refractivity (Wildman–Crippen MR) is 89.6 cm³/mol. The molecular formula is C20H21N. The van der Waals surface area contributed by atoms with Crippen LogP contribution in [0.15, 0.2) is 54.6 Å². The smallest absolute Gasteiger partial charge is 0.0462 e. The molecule has 1 aliphatic rings. The predicted octanol–water partition coefficient (Wildman–Crippen LogP) is 5.88. The average molecular weight is 275 g/mol. The third kappa shape index (κ3) is 2.27. The van der Waals surface area contributed by atoms with Gasteiger partial charge >= 0.3 is 0 Å². The summed E-state index contributed by atoms with van der Waals surface area (Å²) in [6.07, 6.45) is 6.79. The lowest BCUT2D eigenvalue weighted by molar-refractivity contribution is 0.439. The number of fused-ring (bicyclic) bond motifs is 1. The molecule has 0 aliphatic heterocycles. The van der Waals surface area contributed by atoms with E-state index in [0.717, 1.165) is 0 Å². The zero-order valence-corrected chi connectivity index (χ0v) is 12.3. The Bertz CT molecular complexity index is 733. The first-order valence-electron chi connectivity index (χ1n) is 8.09. The molecule has 1 aromatic heterocycles. The minimum atomic E-state index is 0.696. The maximum Gasteiger partial charge on any atom is 0.0462 e. The van der Waals surface area contributed by atoms with Crippen molar-refractivity contribution in [1.29, 1.82) is 0 Å². The molecule has 1 aliphatic carbocycles. The van der Waals surface area contributed by atoms with Crippen molar-refractivity contribution in [2.24, 2.45) is 0 Å². The Morgan fingerprint density at radius 3 is 2.29 bits per heavy atom. The fourth-order valence-electron chi connectivity index (χ4n) is 3.78. The Morgan fingerprint density at radius 2 is 1.48 bits per heavy atom. The van der Waals surface area contributed by atoms with E-state index in [1.807, 2.05) is 0 Å². The quantitative estimate of drug-likeness (QED) is 0.601. The molecule has 106 valence electrons. The Hall–Kier alpha value is -2.02. The first kappa shape index (κ1) is 12.7. The molecule has 0 amide bonds. The van der Waals surface area contributed by atoms with Crippen LogP contribution in [0.5, 0.6) is 0 Å². The van der Waals surface area contributed by atoms with Crippen molar-refractivity contribution in [3.05, 3.63) is 60.3 Å². The summed E-state index contributed by atoms with van der Waals surface area (Å²) in [5.74, 6) is 0.696. The number of para-hydroxylation sites is 1. The molecule has 0 unspecified atom stereocenters. The standard InChI is InChI=1S/C20H21N/c1-3-9-15(10-4-1)19-17-13-7-8-14-18(17)21-20(19)16-11-5-2-6-12-16/h1,3-4,7-10,13-14,16,21H,2,5-6,11-12H2. The number of hydrogen-bond acceptors (Lipinski definition) is 0. The second-order valence-corrected chi connectivity index (χ2v) is 6.16. The Morgan fingerprint density at radius 1 is 0.762 bits per heavy atom. The minimum Gasteiger partial charge on any atom is -0.358 e. The second-order valence-electron chi connectivity index (χ2n) is 6.16. The van der Waals surface area contributed by atoms with E-state index in [9.17, 15) is 0 Å². The van der Waals surface area contributed by atoms with E-state index in [1.165, 1.54) is 59.8 Å². The van der Waals surface area contributed by atoms with Crippen LogP contribution >= 0.6 is 0 Å². The maximum atomic E-state index is 3.73. The molecule has 1 heteroatoms. The lowest BCUT2D eigenvalue weighted by atomic mass is 9.84. The molecule has 2 aromatic carbocycles. The summed E-state index contributed by atoms with van der Waals surface area (Å²) < 4.78 is 0. The van der Waals surface area contributed by atoms with Crippen LogP contribution in [-0.4, -0.2) is 4.98 Å². The third-order valence-electron chi connectivity index (χ3n) is 4.81. The number of rotatable bonds is 2. The number of aromatic nitrogens is 1. The molecule has 0 saturated heterocycles. The largest absolute Gasteiger partial charge is 0.358 e. The van der Waals surface area contributed by atoms with E-state index in [1.54, 1.807) is 0 Å². The molecular weight excluding hydrogens is 254 g/mol. The molecule has 3 aromatic rings. The van der Waals surface area contributed by atoms with E-state index in [4.69, 9.17) is 0 Å². The summed E-state index contributed by atoms with van der Waals surface area (Å²) in [6.45, 7) is 0. The first-order chi connectivity index (χ1) is 10.4. The summed E-state index contributed by atoms with van der Waals surface area (Å²) in [6, 6.07) is 19.6. The van der Waals surface area contributed by atoms with Gasteiger partial charge in [0.1, 0.15) is 0 Å². The maximum absolute atomic E-state index is 3.73. The van der Waals surface area contributed by atoms with Gasteiger partial charge in [-0.25, -0.2) is 0 Å². The van der Waals surface area contributed by atoms with Crippen molar-refractivity contribution in [3.8, 4) is 11.1 Å². The SMILES string of the molecule is c1ccc(-c2c(C3CCCCC3)[nH]c3ccccc23)cc1. The average Bonchev–Trinajstić information content (AvgIpc) is 2.96. The number of hydrogen-bond donors (Lipinski definition) is 1. The van der Waals surface area contributed by atoms with Crippen LogP contribution in [0.3, 0.4) is 0 Å². The molecule has 1 heterocycles. The zero-order valence-electron chi connectivity index (χ0n) is 12.3. The van der Waals surface area contributed by atoms with Crippen molar-refractivity contribution in [2.75, 3.05) is 0 Å². The Labute approximate surface area is 126 Å². The van der Waals surface area contributed by atoms with Crippen molar-refractivity contribution in [1.82, 2.24) is 4.98 Å². The lowest BCUT2D eigenvalue weighted by Gasteiger charge is -2.22. The summed E-state index contributed by atoms with van der Waals surface area (Å²) in [5.41, 5.74) is 5.51. The van der Waals surface area contributed by atoms with Gasteiger partial charge in [-0.3, -0.25) is 0 Å². The highest BCUT2D eigenvalue weighted by Crippen LogP contribution is 2.41. The van der Waals surface area contributed by atoms with Crippen LogP contribution in [0.25, 0.3) is 22.0 Å². The first-order valence-corrected chi connectivity index (χ1v) is 8.09. The van der Waals surface area contributed by atoms with Crippen LogP contribution in [0.4, 0.5) is 0 Å². The van der Waals surface area contributed by atoms with Gasteiger partial charge in [-0.05, 0) is 30.4 Å². The summed E-state index contributed by atoms with van der Waals surface area (Å²) in [5, 5.41) is 1.37. The van der Waals surface area contributed by atoms with Crippen molar-refractivity contribution in [3.63, 3.8) is 0 Å². The highest BCUT2D eigenvalue weighted by Gasteiger charge is 2.22. The topological polar surface area (TPSA) is 15.8 Å². The van der Waals surface area contributed by atoms with Gasteiger partial charge in [0, 0.05) is 22.2 Å². The van der Waals surface area contributed by atoms with E-state index >= 15 is 0 Å². The summed E-state index contributed by atoms with van der Waals surface area (Å²) >= 11 is 0. The normalized spacial score (nSPS) is 16.4. The Balaban J connectivity index is 1.92. The van der Waals surface area contributed by atoms with Gasteiger partial charge in [0.25, 0.3) is 0 Å². The van der Waals surface area contributed by atoms with Crippen LogP contribution in [0, 0.1) is 0 Å². The van der Waals surface area contributed by atoms with Crippen molar-refractivity contribution >= 4 is 10.9 Å². The summed E-state index contributed by atoms with van der Waals surface area (Å²) in [4.78, 5) is 3.73. The second kappa shape index (κ2) is 5.40. The van der Waals surface area contributed by atoms with E-state index in [0.29, 0.717) is 5.92 Å². The molecule has 21 heavy (non-hydrogen) atoms. The molecule has 0 spiro atoms. The molecule has 1 fully saturated rings. The van der Waals surface area contributed by atoms with E-state index < -0.39 is 0 Å². The third-order valence-corrected chi connectivity index (χ3v) is 4.81. The molecule has 1 nitrogen and oxygen atoms in total. The molecule has 1 saturated carbocycles. The van der Waals surface area contributed by atoms with E-state index in [2.05, 4.69) is 59.6 Å². The van der Waals surface area contributed by atoms with Crippen LogP contribution in [0.1, 0.15) is 43.7 Å². The van der Waals surface area contributed by atoms with Crippen LogP contribution in [0.2, 0.25) is 0 Å². The number of nitrogens with one attached hydrogen (secondary N) is 1.